The van der Waals surface area contributed by atoms with Crippen molar-refractivity contribution in [3.05, 3.63) is 60.2 Å². The zero-order chi connectivity index (χ0) is 20.8. The first-order valence-corrected chi connectivity index (χ1v) is 9.42. The molecule has 6 nitrogen and oxygen atoms in total. The Morgan fingerprint density at radius 2 is 1.83 bits per heavy atom. The van der Waals surface area contributed by atoms with E-state index in [2.05, 4.69) is 15.5 Å². The maximum absolute atomic E-state index is 13.2. The Morgan fingerprint density at radius 1 is 1.00 bits per heavy atom. The minimum absolute atomic E-state index is 0.0406. The molecule has 3 aromatic rings. The minimum atomic E-state index is -1.02. The van der Waals surface area contributed by atoms with E-state index in [9.17, 15) is 13.6 Å². The zero-order valence-electron chi connectivity index (χ0n) is 15.6. The topological polar surface area (TPSA) is 73.3 Å². The normalized spacial score (nSPS) is 10.5. The molecule has 0 saturated heterocycles. The van der Waals surface area contributed by atoms with Gasteiger partial charge in [-0.25, -0.2) is 8.78 Å². The molecule has 0 fully saturated rings. The SMILES string of the molecule is COc1ccc(-c2ccc(SCC(=O)Nc3ccc(F)c(F)c3)nn2)c(OC)c1. The molecule has 0 atom stereocenters. The quantitative estimate of drug-likeness (QED) is 0.582. The van der Waals surface area contributed by atoms with Gasteiger partial charge in [0.05, 0.1) is 25.7 Å². The van der Waals surface area contributed by atoms with Crippen LogP contribution >= 0.6 is 11.8 Å². The molecule has 2 aromatic carbocycles. The molecule has 0 bridgehead atoms. The second-order valence-electron chi connectivity index (χ2n) is 5.79. The van der Waals surface area contributed by atoms with Crippen LogP contribution in [0.3, 0.4) is 0 Å². The Balaban J connectivity index is 1.62. The Morgan fingerprint density at radius 3 is 2.48 bits per heavy atom. The summed E-state index contributed by atoms with van der Waals surface area (Å²) in [7, 11) is 3.13. The van der Waals surface area contributed by atoms with E-state index in [1.807, 2.05) is 6.07 Å². The third kappa shape index (κ3) is 5.20. The number of nitrogens with zero attached hydrogens (tertiary/aromatic N) is 2. The standard InChI is InChI=1S/C20H17F2N3O3S/c1-27-13-4-5-14(18(10-13)28-2)17-7-8-20(25-24-17)29-11-19(26)23-12-3-6-15(21)16(22)9-12/h3-10H,11H2,1-2H3,(H,23,26). The van der Waals surface area contributed by atoms with Gasteiger partial charge in [-0.1, -0.05) is 11.8 Å². The highest BCUT2D eigenvalue weighted by Gasteiger charge is 2.11. The van der Waals surface area contributed by atoms with Gasteiger partial charge in [-0.15, -0.1) is 10.2 Å². The summed E-state index contributed by atoms with van der Waals surface area (Å²) < 4.78 is 36.7. The average Bonchev–Trinajstić information content (AvgIpc) is 2.75. The number of rotatable bonds is 7. The number of hydrogen-bond acceptors (Lipinski definition) is 6. The summed E-state index contributed by atoms with van der Waals surface area (Å²) >= 11 is 1.17. The number of methoxy groups -OCH3 is 2. The number of carbonyl (C=O) groups excluding carboxylic acids is 1. The number of aromatic nitrogens is 2. The molecule has 0 aliphatic carbocycles. The third-order valence-electron chi connectivity index (χ3n) is 3.88. The third-order valence-corrected chi connectivity index (χ3v) is 4.80. The molecule has 150 valence electrons. The molecule has 1 aromatic heterocycles. The fraction of sp³-hybridized carbons (Fsp3) is 0.150. The molecule has 9 heteroatoms. The second kappa shape index (κ2) is 9.33. The monoisotopic (exact) mass is 417 g/mol. The van der Waals surface area contributed by atoms with Gasteiger partial charge in [-0.05, 0) is 36.4 Å². The van der Waals surface area contributed by atoms with Crippen molar-refractivity contribution in [3.8, 4) is 22.8 Å². The highest BCUT2D eigenvalue weighted by Crippen LogP contribution is 2.32. The Kier molecular flexibility index (Phi) is 6.61. The first-order valence-electron chi connectivity index (χ1n) is 8.44. The van der Waals surface area contributed by atoms with E-state index in [4.69, 9.17) is 9.47 Å². The van der Waals surface area contributed by atoms with Gasteiger partial charge in [0, 0.05) is 23.4 Å². The summed E-state index contributed by atoms with van der Waals surface area (Å²) in [6.45, 7) is 0. The van der Waals surface area contributed by atoms with Crippen LogP contribution in [0, 0.1) is 11.6 Å². The van der Waals surface area contributed by atoms with Crippen molar-refractivity contribution in [3.63, 3.8) is 0 Å². The molecule has 0 aliphatic heterocycles. The summed E-state index contributed by atoms with van der Waals surface area (Å²) in [5, 5.41) is 11.3. The van der Waals surface area contributed by atoms with E-state index < -0.39 is 11.6 Å². The minimum Gasteiger partial charge on any atom is -0.497 e. The van der Waals surface area contributed by atoms with Crippen LogP contribution in [-0.2, 0) is 4.79 Å². The van der Waals surface area contributed by atoms with E-state index in [1.54, 1.807) is 38.5 Å². The maximum Gasteiger partial charge on any atom is 0.234 e. The number of carbonyl (C=O) groups is 1. The molecule has 0 saturated carbocycles. The number of anilines is 1. The highest BCUT2D eigenvalue weighted by atomic mass is 32.2. The van der Waals surface area contributed by atoms with Crippen LogP contribution in [0.5, 0.6) is 11.5 Å². The molecule has 29 heavy (non-hydrogen) atoms. The van der Waals surface area contributed by atoms with Gasteiger partial charge in [-0.3, -0.25) is 4.79 Å². The van der Waals surface area contributed by atoms with E-state index in [-0.39, 0.29) is 17.3 Å². The van der Waals surface area contributed by atoms with Crippen molar-refractivity contribution in [2.24, 2.45) is 0 Å². The summed E-state index contributed by atoms with van der Waals surface area (Å²) in [5.74, 6) is -1.06. The predicted molar refractivity (Wildman–Crippen MR) is 106 cm³/mol. The van der Waals surface area contributed by atoms with Gasteiger partial charge in [0.15, 0.2) is 11.6 Å². The Labute approximate surface area is 170 Å². The molecule has 0 aliphatic rings. The van der Waals surface area contributed by atoms with Crippen LogP contribution in [0.2, 0.25) is 0 Å². The molecule has 1 N–H and O–H groups in total. The Hall–Kier alpha value is -3.20. The molecule has 0 unspecified atom stereocenters. The lowest BCUT2D eigenvalue weighted by Gasteiger charge is -2.10. The number of ether oxygens (including phenoxy) is 2. The van der Waals surface area contributed by atoms with Gasteiger partial charge >= 0.3 is 0 Å². The van der Waals surface area contributed by atoms with Crippen LogP contribution in [0.1, 0.15) is 0 Å². The fourth-order valence-electron chi connectivity index (χ4n) is 2.46. The first-order chi connectivity index (χ1) is 14.0. The van der Waals surface area contributed by atoms with E-state index in [1.165, 1.54) is 17.8 Å². The van der Waals surface area contributed by atoms with Crippen LogP contribution in [-0.4, -0.2) is 36.1 Å². The summed E-state index contributed by atoms with van der Waals surface area (Å²) in [6.07, 6.45) is 0. The van der Waals surface area contributed by atoms with Crippen LogP contribution in [0.25, 0.3) is 11.3 Å². The highest BCUT2D eigenvalue weighted by molar-refractivity contribution is 7.99. The number of hydrogen-bond donors (Lipinski definition) is 1. The van der Waals surface area contributed by atoms with E-state index >= 15 is 0 Å². The van der Waals surface area contributed by atoms with Gasteiger partial charge in [0.1, 0.15) is 16.5 Å². The predicted octanol–water partition coefficient (Wildman–Crippen LogP) is 4.17. The number of benzene rings is 2. The van der Waals surface area contributed by atoms with Crippen molar-refractivity contribution >= 4 is 23.4 Å². The average molecular weight is 417 g/mol. The van der Waals surface area contributed by atoms with Gasteiger partial charge in [-0.2, -0.15) is 0 Å². The summed E-state index contributed by atoms with van der Waals surface area (Å²) in [6, 6.07) is 12.0. The van der Waals surface area contributed by atoms with Gasteiger partial charge in [0.25, 0.3) is 0 Å². The lowest BCUT2D eigenvalue weighted by atomic mass is 10.1. The van der Waals surface area contributed by atoms with E-state index in [0.29, 0.717) is 22.2 Å². The fourth-order valence-corrected chi connectivity index (χ4v) is 3.08. The van der Waals surface area contributed by atoms with Crippen molar-refractivity contribution < 1.29 is 23.0 Å². The molecule has 3 rings (SSSR count). The molecule has 1 amide bonds. The largest absolute Gasteiger partial charge is 0.497 e. The van der Waals surface area contributed by atoms with Crippen LogP contribution < -0.4 is 14.8 Å². The summed E-state index contributed by atoms with van der Waals surface area (Å²) in [5.41, 5.74) is 1.55. The van der Waals surface area contributed by atoms with Gasteiger partial charge < -0.3 is 14.8 Å². The molecular weight excluding hydrogens is 400 g/mol. The lowest BCUT2D eigenvalue weighted by molar-refractivity contribution is -0.113. The molecular formula is C20H17F2N3O3S. The molecule has 0 spiro atoms. The number of thioether (sulfide) groups is 1. The van der Waals surface area contributed by atoms with Crippen LogP contribution in [0.15, 0.2) is 53.6 Å². The second-order valence-corrected chi connectivity index (χ2v) is 6.78. The number of halogens is 2. The van der Waals surface area contributed by atoms with Crippen molar-refractivity contribution in [1.82, 2.24) is 10.2 Å². The number of amides is 1. The van der Waals surface area contributed by atoms with Crippen molar-refractivity contribution in [2.75, 3.05) is 25.3 Å². The molecule has 0 radical (unpaired) electrons. The summed E-state index contributed by atoms with van der Waals surface area (Å²) in [4.78, 5) is 12.0. The molecule has 1 heterocycles. The van der Waals surface area contributed by atoms with Gasteiger partial charge in [0.2, 0.25) is 5.91 Å². The zero-order valence-corrected chi connectivity index (χ0v) is 16.4. The number of nitrogens with one attached hydrogen (secondary N) is 1. The first kappa shape index (κ1) is 20.5. The Bertz CT molecular complexity index is 1020. The lowest BCUT2D eigenvalue weighted by Crippen LogP contribution is -2.14. The maximum atomic E-state index is 13.2. The van der Waals surface area contributed by atoms with Crippen LogP contribution in [0.4, 0.5) is 14.5 Å². The van der Waals surface area contributed by atoms with E-state index in [0.717, 1.165) is 17.7 Å². The smallest absolute Gasteiger partial charge is 0.234 e. The van der Waals surface area contributed by atoms with Crippen molar-refractivity contribution in [1.29, 1.82) is 0 Å². The van der Waals surface area contributed by atoms with Crippen molar-refractivity contribution in [2.45, 2.75) is 5.03 Å².